The fourth-order valence-corrected chi connectivity index (χ4v) is 4.03. The second-order valence-corrected chi connectivity index (χ2v) is 7.07. The average Bonchev–Trinajstić information content (AvgIpc) is 3.06. The van der Waals surface area contributed by atoms with Crippen LogP contribution >= 0.6 is 0 Å². The van der Waals surface area contributed by atoms with Crippen LogP contribution in [0.4, 0.5) is 15.8 Å². The van der Waals surface area contributed by atoms with E-state index in [1.54, 1.807) is 18.2 Å². The minimum Gasteiger partial charge on any atom is -0.355 e. The number of carbonyl (C=O) groups excluding carboxylic acids is 1. The number of halogens is 1. The van der Waals surface area contributed by atoms with Crippen molar-refractivity contribution in [2.45, 2.75) is 5.54 Å². The van der Waals surface area contributed by atoms with Crippen LogP contribution in [0.2, 0.25) is 0 Å². The Bertz CT molecular complexity index is 1230. The Morgan fingerprint density at radius 3 is 2.17 bits per heavy atom. The Kier molecular flexibility index (Phi) is 3.97. The number of carbonyl (C=O) groups is 1. The minimum atomic E-state index is -1.06. The van der Waals surface area contributed by atoms with Crippen LogP contribution in [0.3, 0.4) is 0 Å². The second kappa shape index (κ2) is 6.68. The molecule has 1 amide bonds. The Morgan fingerprint density at radius 2 is 1.57 bits per heavy atom. The van der Waals surface area contributed by atoms with Crippen LogP contribution < -0.4 is 5.32 Å². The summed E-state index contributed by atoms with van der Waals surface area (Å²) in [6.45, 7) is 0. The molecule has 1 spiro atoms. The highest BCUT2D eigenvalue weighted by Gasteiger charge is 2.52. The largest absolute Gasteiger partial charge is 0.355 e. The van der Waals surface area contributed by atoms with Gasteiger partial charge in [-0.25, -0.2) is 9.40 Å². The van der Waals surface area contributed by atoms with Crippen LogP contribution in [-0.4, -0.2) is 17.1 Å². The lowest BCUT2D eigenvalue weighted by atomic mass is 9.78. The van der Waals surface area contributed by atoms with Gasteiger partial charge in [-0.2, -0.15) is 10.4 Å². The van der Waals surface area contributed by atoms with Gasteiger partial charge >= 0.3 is 0 Å². The summed E-state index contributed by atoms with van der Waals surface area (Å²) in [4.78, 5) is 13.1. The van der Waals surface area contributed by atoms with Gasteiger partial charge in [-0.15, -0.1) is 0 Å². The highest BCUT2D eigenvalue weighted by Crippen LogP contribution is 2.51. The SMILES string of the molecule is N#CC1=CC2(c3ccccc3Nc3ccccc32)N(/N=C/c2ccc(F)cc2)C1=O. The van der Waals surface area contributed by atoms with Gasteiger partial charge in [-0.3, -0.25) is 4.79 Å². The second-order valence-electron chi connectivity index (χ2n) is 7.07. The lowest BCUT2D eigenvalue weighted by molar-refractivity contribution is -0.128. The van der Waals surface area contributed by atoms with Crippen LogP contribution in [0.5, 0.6) is 0 Å². The molecule has 0 saturated heterocycles. The molecular weight excluding hydrogens is 379 g/mol. The number of nitrogens with one attached hydrogen (secondary N) is 1. The molecule has 0 bridgehead atoms. The normalized spacial score (nSPS) is 16.1. The first-order valence-corrected chi connectivity index (χ1v) is 9.36. The van der Waals surface area contributed by atoms with Crippen molar-refractivity contribution in [3.8, 4) is 6.07 Å². The molecular formula is C24H15FN4O. The van der Waals surface area contributed by atoms with Crippen LogP contribution in [0.15, 0.2) is 89.5 Å². The standard InChI is InChI=1S/C24H15FN4O/c25-18-11-9-16(10-12-18)15-27-29-23(30)17(14-26)13-24(29)19-5-1-3-7-21(19)28-22-8-4-2-6-20(22)24/h1-13,15,28H/b27-15+. The van der Waals surface area contributed by atoms with Crippen LogP contribution in [-0.2, 0) is 10.3 Å². The number of benzene rings is 3. The Labute approximate surface area is 172 Å². The van der Waals surface area contributed by atoms with Crippen LogP contribution in [0.25, 0.3) is 0 Å². The number of fused-ring (bicyclic) bond motifs is 4. The molecule has 5 rings (SSSR count). The first-order chi connectivity index (χ1) is 14.6. The van der Waals surface area contributed by atoms with E-state index >= 15 is 0 Å². The summed E-state index contributed by atoms with van der Waals surface area (Å²) in [6.07, 6.45) is 3.18. The maximum atomic E-state index is 13.2. The van der Waals surface area contributed by atoms with Crippen molar-refractivity contribution in [1.82, 2.24) is 5.01 Å². The van der Waals surface area contributed by atoms with Crippen molar-refractivity contribution in [2.24, 2.45) is 5.10 Å². The molecule has 0 fully saturated rings. The fourth-order valence-electron chi connectivity index (χ4n) is 4.03. The zero-order valence-electron chi connectivity index (χ0n) is 15.7. The van der Waals surface area contributed by atoms with Gasteiger partial charge in [0, 0.05) is 22.5 Å². The summed E-state index contributed by atoms with van der Waals surface area (Å²) in [5, 5.41) is 18.8. The van der Waals surface area contributed by atoms with Gasteiger partial charge in [-0.1, -0.05) is 48.5 Å². The predicted octanol–water partition coefficient (Wildman–Crippen LogP) is 4.45. The van der Waals surface area contributed by atoms with Gasteiger partial charge in [0.1, 0.15) is 23.0 Å². The first-order valence-electron chi connectivity index (χ1n) is 9.36. The highest BCUT2D eigenvalue weighted by molar-refractivity contribution is 6.03. The van der Waals surface area contributed by atoms with Crippen molar-refractivity contribution < 1.29 is 9.18 Å². The van der Waals surface area contributed by atoms with E-state index in [0.29, 0.717) is 5.56 Å². The smallest absolute Gasteiger partial charge is 0.285 e. The molecule has 3 aromatic rings. The molecule has 0 aliphatic carbocycles. The lowest BCUT2D eigenvalue weighted by Crippen LogP contribution is -2.44. The maximum absolute atomic E-state index is 13.2. The van der Waals surface area contributed by atoms with Gasteiger partial charge in [0.25, 0.3) is 5.91 Å². The molecule has 3 aromatic carbocycles. The molecule has 2 aliphatic rings. The quantitative estimate of drug-likeness (QED) is 0.653. The van der Waals surface area contributed by atoms with Gasteiger partial charge in [0.15, 0.2) is 0 Å². The monoisotopic (exact) mass is 394 g/mol. The Balaban J connectivity index is 1.74. The molecule has 0 aromatic heterocycles. The molecule has 0 atom stereocenters. The van der Waals surface area contributed by atoms with E-state index < -0.39 is 11.4 Å². The summed E-state index contributed by atoms with van der Waals surface area (Å²) in [7, 11) is 0. The molecule has 0 unspecified atom stereocenters. The van der Waals surface area contributed by atoms with Gasteiger partial charge in [0.2, 0.25) is 0 Å². The van der Waals surface area contributed by atoms with E-state index in [1.807, 2.05) is 54.6 Å². The number of nitriles is 1. The third kappa shape index (κ3) is 2.53. The molecule has 5 nitrogen and oxygen atoms in total. The number of hydrogen-bond acceptors (Lipinski definition) is 4. The number of amides is 1. The van der Waals surface area contributed by atoms with E-state index in [0.717, 1.165) is 22.5 Å². The van der Waals surface area contributed by atoms with Crippen molar-refractivity contribution in [3.05, 3.63) is 107 Å². The van der Waals surface area contributed by atoms with E-state index in [1.165, 1.54) is 23.4 Å². The highest BCUT2D eigenvalue weighted by atomic mass is 19.1. The Morgan fingerprint density at radius 1 is 0.967 bits per heavy atom. The van der Waals surface area contributed by atoms with Crippen molar-refractivity contribution >= 4 is 23.5 Å². The van der Waals surface area contributed by atoms with Gasteiger partial charge in [0.05, 0.1) is 6.21 Å². The molecule has 2 heterocycles. The molecule has 6 heteroatoms. The lowest BCUT2D eigenvalue weighted by Gasteiger charge is -2.41. The number of rotatable bonds is 2. The first kappa shape index (κ1) is 17.8. The predicted molar refractivity (Wildman–Crippen MR) is 111 cm³/mol. The molecule has 0 radical (unpaired) electrons. The Hall–Kier alpha value is -4.24. The van der Waals surface area contributed by atoms with Crippen molar-refractivity contribution in [3.63, 3.8) is 0 Å². The molecule has 1 N–H and O–H groups in total. The number of hydrogen-bond donors (Lipinski definition) is 1. The van der Waals surface area contributed by atoms with Crippen molar-refractivity contribution in [2.75, 3.05) is 5.32 Å². The van der Waals surface area contributed by atoms with E-state index in [4.69, 9.17) is 0 Å². The molecule has 0 saturated carbocycles. The topological polar surface area (TPSA) is 68.5 Å². The molecule has 30 heavy (non-hydrogen) atoms. The average molecular weight is 394 g/mol. The van der Waals surface area contributed by atoms with Crippen LogP contribution in [0.1, 0.15) is 16.7 Å². The van der Waals surface area contributed by atoms with Crippen molar-refractivity contribution in [1.29, 1.82) is 5.26 Å². The summed E-state index contributed by atoms with van der Waals surface area (Å²) in [5.41, 5.74) is 2.91. The molecule has 2 aliphatic heterocycles. The fraction of sp³-hybridized carbons (Fsp3) is 0.0417. The summed E-state index contributed by atoms with van der Waals surface area (Å²) in [5.74, 6) is -0.835. The third-order valence-corrected chi connectivity index (χ3v) is 5.37. The van der Waals surface area contributed by atoms with E-state index in [-0.39, 0.29) is 11.4 Å². The third-order valence-electron chi connectivity index (χ3n) is 5.37. The number of hydrazone groups is 1. The van der Waals surface area contributed by atoms with E-state index in [9.17, 15) is 14.4 Å². The summed E-state index contributed by atoms with van der Waals surface area (Å²) >= 11 is 0. The zero-order valence-corrected chi connectivity index (χ0v) is 15.7. The summed E-state index contributed by atoms with van der Waals surface area (Å²) < 4.78 is 13.2. The number of nitrogens with zero attached hydrogens (tertiary/aromatic N) is 3. The van der Waals surface area contributed by atoms with Gasteiger partial charge in [-0.05, 0) is 35.9 Å². The number of anilines is 2. The summed E-state index contributed by atoms with van der Waals surface area (Å²) in [6, 6.07) is 23.1. The number of para-hydroxylation sites is 2. The van der Waals surface area contributed by atoms with E-state index in [2.05, 4.69) is 10.4 Å². The maximum Gasteiger partial charge on any atom is 0.285 e. The van der Waals surface area contributed by atoms with Gasteiger partial charge < -0.3 is 5.32 Å². The zero-order chi connectivity index (χ0) is 20.7. The minimum absolute atomic E-state index is 0.0257. The molecule has 144 valence electrons. The van der Waals surface area contributed by atoms with Crippen LogP contribution in [0, 0.1) is 17.1 Å².